The van der Waals surface area contributed by atoms with E-state index in [9.17, 15) is 13.2 Å². The SMILES string of the molecule is CN(CCCCBr)CCC(F)(F)F. The molecule has 80 valence electrons. The number of halogens is 4. The zero-order valence-electron chi connectivity index (χ0n) is 7.70. The van der Waals surface area contributed by atoms with Crippen molar-refractivity contribution in [2.24, 2.45) is 0 Å². The highest BCUT2D eigenvalue weighted by atomic mass is 79.9. The first-order chi connectivity index (χ1) is 5.95. The van der Waals surface area contributed by atoms with E-state index in [4.69, 9.17) is 0 Å². The molecular weight excluding hydrogens is 247 g/mol. The van der Waals surface area contributed by atoms with E-state index in [1.54, 1.807) is 11.9 Å². The van der Waals surface area contributed by atoms with E-state index in [-0.39, 0.29) is 6.54 Å². The second kappa shape index (κ2) is 6.65. The normalized spacial score (nSPS) is 12.5. The van der Waals surface area contributed by atoms with Crippen LogP contribution in [0.25, 0.3) is 0 Å². The van der Waals surface area contributed by atoms with Crippen molar-refractivity contribution in [3.8, 4) is 0 Å². The summed E-state index contributed by atoms with van der Waals surface area (Å²) in [5, 5.41) is 0.917. The van der Waals surface area contributed by atoms with Crippen LogP contribution in [0.3, 0.4) is 0 Å². The molecule has 0 bridgehead atoms. The molecule has 0 saturated heterocycles. The van der Waals surface area contributed by atoms with Gasteiger partial charge in [-0.05, 0) is 26.4 Å². The van der Waals surface area contributed by atoms with Crippen LogP contribution in [0.4, 0.5) is 13.2 Å². The Kier molecular flexibility index (Phi) is 6.77. The van der Waals surface area contributed by atoms with Gasteiger partial charge in [0, 0.05) is 11.9 Å². The van der Waals surface area contributed by atoms with Crippen molar-refractivity contribution in [2.45, 2.75) is 25.4 Å². The monoisotopic (exact) mass is 261 g/mol. The third-order valence-corrected chi connectivity index (χ3v) is 2.26. The van der Waals surface area contributed by atoms with Gasteiger partial charge in [-0.1, -0.05) is 15.9 Å². The number of hydrogen-bond acceptors (Lipinski definition) is 1. The third-order valence-electron chi connectivity index (χ3n) is 1.70. The van der Waals surface area contributed by atoms with Crippen molar-refractivity contribution in [3.63, 3.8) is 0 Å². The minimum Gasteiger partial charge on any atom is -0.306 e. The Morgan fingerprint density at radius 1 is 1.15 bits per heavy atom. The van der Waals surface area contributed by atoms with Crippen molar-refractivity contribution in [1.82, 2.24) is 4.90 Å². The summed E-state index contributed by atoms with van der Waals surface area (Å²) in [6.45, 7) is 0.841. The van der Waals surface area contributed by atoms with E-state index in [1.165, 1.54) is 0 Å². The van der Waals surface area contributed by atoms with Crippen LogP contribution < -0.4 is 0 Å². The molecule has 0 N–H and O–H groups in total. The first-order valence-electron chi connectivity index (χ1n) is 4.27. The van der Waals surface area contributed by atoms with Crippen molar-refractivity contribution >= 4 is 15.9 Å². The molecule has 0 atom stereocenters. The molecule has 0 aliphatic heterocycles. The molecule has 0 unspecified atom stereocenters. The molecule has 5 heteroatoms. The first kappa shape index (κ1) is 13.2. The average Bonchev–Trinajstić information content (AvgIpc) is 2.00. The highest BCUT2D eigenvalue weighted by molar-refractivity contribution is 9.09. The van der Waals surface area contributed by atoms with E-state index in [1.807, 2.05) is 0 Å². The van der Waals surface area contributed by atoms with E-state index in [0.29, 0.717) is 0 Å². The van der Waals surface area contributed by atoms with E-state index >= 15 is 0 Å². The lowest BCUT2D eigenvalue weighted by atomic mass is 10.3. The van der Waals surface area contributed by atoms with Crippen molar-refractivity contribution in [3.05, 3.63) is 0 Å². The summed E-state index contributed by atoms with van der Waals surface area (Å²) in [5.41, 5.74) is 0. The van der Waals surface area contributed by atoms with Crippen molar-refractivity contribution < 1.29 is 13.2 Å². The number of rotatable bonds is 6. The summed E-state index contributed by atoms with van der Waals surface area (Å²) in [6, 6.07) is 0. The molecule has 0 radical (unpaired) electrons. The van der Waals surface area contributed by atoms with Gasteiger partial charge in [0.15, 0.2) is 0 Å². The second-order valence-electron chi connectivity index (χ2n) is 3.06. The van der Waals surface area contributed by atoms with Gasteiger partial charge >= 0.3 is 6.18 Å². The van der Waals surface area contributed by atoms with Crippen LogP contribution in [-0.2, 0) is 0 Å². The highest BCUT2D eigenvalue weighted by Gasteiger charge is 2.26. The molecule has 0 aromatic heterocycles. The van der Waals surface area contributed by atoms with Gasteiger partial charge in [-0.2, -0.15) is 13.2 Å². The molecule has 0 fully saturated rings. The van der Waals surface area contributed by atoms with Crippen LogP contribution in [-0.4, -0.2) is 36.5 Å². The maximum Gasteiger partial charge on any atom is 0.390 e. The molecule has 0 saturated carbocycles. The fourth-order valence-electron chi connectivity index (χ4n) is 0.906. The zero-order valence-corrected chi connectivity index (χ0v) is 9.29. The number of alkyl halides is 4. The number of nitrogens with zero attached hydrogens (tertiary/aromatic N) is 1. The Morgan fingerprint density at radius 3 is 2.23 bits per heavy atom. The molecule has 0 amide bonds. The van der Waals surface area contributed by atoms with Gasteiger partial charge in [0.25, 0.3) is 0 Å². The Morgan fingerprint density at radius 2 is 1.77 bits per heavy atom. The lowest BCUT2D eigenvalue weighted by Crippen LogP contribution is -2.25. The van der Waals surface area contributed by atoms with Crippen LogP contribution >= 0.6 is 15.9 Å². The second-order valence-corrected chi connectivity index (χ2v) is 3.86. The summed E-state index contributed by atoms with van der Waals surface area (Å²) >= 11 is 3.27. The van der Waals surface area contributed by atoms with Crippen LogP contribution in [0.5, 0.6) is 0 Å². The van der Waals surface area contributed by atoms with Gasteiger partial charge in [-0.25, -0.2) is 0 Å². The summed E-state index contributed by atoms with van der Waals surface area (Å²) in [5.74, 6) is 0. The minimum atomic E-state index is -4.02. The Hall–Kier alpha value is 0.230. The fourth-order valence-corrected chi connectivity index (χ4v) is 1.30. The molecule has 1 nitrogen and oxygen atoms in total. The van der Waals surface area contributed by atoms with Gasteiger partial charge in [-0.15, -0.1) is 0 Å². The van der Waals surface area contributed by atoms with Crippen molar-refractivity contribution in [2.75, 3.05) is 25.5 Å². The largest absolute Gasteiger partial charge is 0.390 e. The van der Waals surface area contributed by atoms with Gasteiger partial charge < -0.3 is 4.90 Å². The Balaban J connectivity index is 3.35. The van der Waals surface area contributed by atoms with E-state index in [0.717, 1.165) is 24.7 Å². The molecule has 0 heterocycles. The van der Waals surface area contributed by atoms with Gasteiger partial charge in [-0.3, -0.25) is 0 Å². The smallest absolute Gasteiger partial charge is 0.306 e. The molecule has 0 spiro atoms. The van der Waals surface area contributed by atoms with Gasteiger partial charge in [0.2, 0.25) is 0 Å². The van der Waals surface area contributed by atoms with Crippen LogP contribution in [0.2, 0.25) is 0 Å². The van der Waals surface area contributed by atoms with Crippen LogP contribution in [0.15, 0.2) is 0 Å². The van der Waals surface area contributed by atoms with E-state index < -0.39 is 12.6 Å². The van der Waals surface area contributed by atoms with Crippen LogP contribution in [0, 0.1) is 0 Å². The quantitative estimate of drug-likeness (QED) is 0.525. The summed E-state index contributed by atoms with van der Waals surface area (Å²) in [6.07, 6.45) is -2.78. The van der Waals surface area contributed by atoms with E-state index in [2.05, 4.69) is 15.9 Å². The predicted molar refractivity (Wildman–Crippen MR) is 51.2 cm³/mol. The highest BCUT2D eigenvalue weighted by Crippen LogP contribution is 2.19. The van der Waals surface area contributed by atoms with Gasteiger partial charge in [0.05, 0.1) is 6.42 Å². The zero-order chi connectivity index (χ0) is 10.3. The molecule has 13 heavy (non-hydrogen) atoms. The maximum absolute atomic E-state index is 11.8. The molecule has 0 aliphatic carbocycles. The molecule has 0 aromatic rings. The molecular formula is C8H15BrF3N. The topological polar surface area (TPSA) is 3.24 Å². The minimum absolute atomic E-state index is 0.103. The lowest BCUT2D eigenvalue weighted by molar-refractivity contribution is -0.137. The average molecular weight is 262 g/mol. The predicted octanol–water partition coefficient (Wildman–Crippen LogP) is 3.05. The standard InChI is InChI=1S/C8H15BrF3N/c1-13(6-3-2-5-9)7-4-8(10,11)12/h2-7H2,1H3. The molecule has 0 aromatic carbocycles. The Labute approximate surface area is 85.4 Å². The number of hydrogen-bond donors (Lipinski definition) is 0. The van der Waals surface area contributed by atoms with Crippen LogP contribution in [0.1, 0.15) is 19.3 Å². The summed E-state index contributed by atoms with van der Waals surface area (Å²) < 4.78 is 35.3. The Bertz CT molecular complexity index is 127. The summed E-state index contributed by atoms with van der Waals surface area (Å²) in [7, 11) is 1.72. The first-order valence-corrected chi connectivity index (χ1v) is 5.39. The number of unbranched alkanes of at least 4 members (excludes halogenated alkanes) is 1. The molecule has 0 rings (SSSR count). The summed E-state index contributed by atoms with van der Waals surface area (Å²) in [4.78, 5) is 1.72. The third kappa shape index (κ3) is 10.1. The maximum atomic E-state index is 11.8. The molecule has 0 aliphatic rings. The lowest BCUT2D eigenvalue weighted by Gasteiger charge is -2.16. The van der Waals surface area contributed by atoms with Gasteiger partial charge in [0.1, 0.15) is 0 Å². The fraction of sp³-hybridized carbons (Fsp3) is 1.00. The van der Waals surface area contributed by atoms with Crippen molar-refractivity contribution in [1.29, 1.82) is 0 Å².